The van der Waals surface area contributed by atoms with Gasteiger partial charge in [0.05, 0.1) is 11.4 Å². The molecule has 0 fully saturated rings. The second-order valence-electron chi connectivity index (χ2n) is 4.19. The number of rotatable bonds is 3. The van der Waals surface area contributed by atoms with Crippen LogP contribution < -0.4 is 0 Å². The van der Waals surface area contributed by atoms with E-state index in [2.05, 4.69) is 10.3 Å². The SMILES string of the molecule is CC(C)S(=O)(=O)n1cc(-c2ccc(F)cc2F)nn1. The van der Waals surface area contributed by atoms with Gasteiger partial charge in [-0.1, -0.05) is 5.21 Å². The molecule has 0 amide bonds. The number of halogens is 2. The fourth-order valence-corrected chi connectivity index (χ4v) is 2.23. The Morgan fingerprint density at radius 1 is 1.26 bits per heavy atom. The van der Waals surface area contributed by atoms with Crippen molar-refractivity contribution in [2.45, 2.75) is 19.1 Å². The van der Waals surface area contributed by atoms with Crippen molar-refractivity contribution < 1.29 is 17.2 Å². The highest BCUT2D eigenvalue weighted by atomic mass is 32.2. The number of benzene rings is 1. The third-order valence-corrected chi connectivity index (χ3v) is 4.43. The summed E-state index contributed by atoms with van der Waals surface area (Å²) in [5.41, 5.74) is 0.0216. The van der Waals surface area contributed by atoms with Crippen molar-refractivity contribution >= 4 is 10.0 Å². The number of hydrogen-bond acceptors (Lipinski definition) is 4. The predicted molar refractivity (Wildman–Crippen MR) is 64.8 cm³/mol. The molecule has 0 radical (unpaired) electrons. The zero-order valence-corrected chi connectivity index (χ0v) is 11.0. The largest absolute Gasteiger partial charge is 0.257 e. The highest BCUT2D eigenvalue weighted by molar-refractivity contribution is 7.90. The summed E-state index contributed by atoms with van der Waals surface area (Å²) in [4.78, 5) is 0. The minimum atomic E-state index is -3.64. The summed E-state index contributed by atoms with van der Waals surface area (Å²) >= 11 is 0. The minimum absolute atomic E-state index is 0.00777. The van der Waals surface area contributed by atoms with Gasteiger partial charge in [0, 0.05) is 11.6 Å². The van der Waals surface area contributed by atoms with Crippen LogP contribution in [0.3, 0.4) is 0 Å². The van der Waals surface area contributed by atoms with Gasteiger partial charge in [-0.2, -0.15) is 0 Å². The van der Waals surface area contributed by atoms with E-state index in [-0.39, 0.29) is 11.3 Å². The standard InChI is InChI=1S/C11H11F2N3O2S/c1-7(2)19(17,18)16-6-11(14-15-16)9-4-3-8(12)5-10(9)13/h3-7H,1-2H3. The maximum atomic E-state index is 13.5. The lowest BCUT2D eigenvalue weighted by Crippen LogP contribution is -2.22. The molecule has 19 heavy (non-hydrogen) atoms. The Labute approximate surface area is 108 Å². The van der Waals surface area contributed by atoms with Crippen molar-refractivity contribution in [3.8, 4) is 11.3 Å². The number of hydrogen-bond donors (Lipinski definition) is 0. The maximum absolute atomic E-state index is 13.5. The molecule has 0 bridgehead atoms. The average Bonchev–Trinajstić information content (AvgIpc) is 2.78. The van der Waals surface area contributed by atoms with Crippen molar-refractivity contribution in [2.75, 3.05) is 0 Å². The van der Waals surface area contributed by atoms with Crippen LogP contribution in [0.5, 0.6) is 0 Å². The molecule has 0 spiro atoms. The zero-order valence-electron chi connectivity index (χ0n) is 10.2. The van der Waals surface area contributed by atoms with Crippen LogP contribution in [-0.4, -0.2) is 28.1 Å². The fourth-order valence-electron chi connectivity index (χ4n) is 1.41. The molecule has 0 saturated heterocycles. The quantitative estimate of drug-likeness (QED) is 0.863. The summed E-state index contributed by atoms with van der Waals surface area (Å²) in [6, 6.07) is 2.95. The Morgan fingerprint density at radius 3 is 2.53 bits per heavy atom. The second kappa shape index (κ2) is 4.69. The maximum Gasteiger partial charge on any atom is 0.257 e. The molecule has 0 aliphatic heterocycles. The summed E-state index contributed by atoms with van der Waals surface area (Å²) in [6.45, 7) is 2.99. The van der Waals surface area contributed by atoms with Crippen molar-refractivity contribution in [1.82, 2.24) is 14.4 Å². The number of aromatic nitrogens is 3. The van der Waals surface area contributed by atoms with E-state index in [1.807, 2.05) is 0 Å². The molecular formula is C11H11F2N3O2S. The monoisotopic (exact) mass is 287 g/mol. The number of nitrogens with zero attached hydrogens (tertiary/aromatic N) is 3. The van der Waals surface area contributed by atoms with Gasteiger partial charge in [-0.25, -0.2) is 17.2 Å². The Kier molecular flexibility index (Phi) is 3.36. The smallest absolute Gasteiger partial charge is 0.207 e. The first-order chi connectivity index (χ1) is 8.82. The van der Waals surface area contributed by atoms with Crippen molar-refractivity contribution in [3.63, 3.8) is 0 Å². The van der Waals surface area contributed by atoms with Crippen LogP contribution >= 0.6 is 0 Å². The van der Waals surface area contributed by atoms with Crippen molar-refractivity contribution in [3.05, 3.63) is 36.0 Å². The zero-order chi connectivity index (χ0) is 14.2. The van der Waals surface area contributed by atoms with Crippen LogP contribution in [0.15, 0.2) is 24.4 Å². The molecule has 0 aliphatic rings. The van der Waals surface area contributed by atoms with Crippen LogP contribution in [0.1, 0.15) is 13.8 Å². The first kappa shape index (κ1) is 13.6. The molecular weight excluding hydrogens is 276 g/mol. The van der Waals surface area contributed by atoms with E-state index in [1.165, 1.54) is 19.9 Å². The van der Waals surface area contributed by atoms with E-state index in [4.69, 9.17) is 0 Å². The first-order valence-electron chi connectivity index (χ1n) is 5.44. The lowest BCUT2D eigenvalue weighted by molar-refractivity contribution is 0.568. The molecule has 0 saturated carbocycles. The van der Waals surface area contributed by atoms with Crippen LogP contribution in [-0.2, 0) is 10.0 Å². The fraction of sp³-hybridized carbons (Fsp3) is 0.273. The summed E-state index contributed by atoms with van der Waals surface area (Å²) in [5, 5.41) is 6.38. The van der Waals surface area contributed by atoms with Gasteiger partial charge in [0.1, 0.15) is 17.3 Å². The molecule has 0 aliphatic carbocycles. The molecule has 8 heteroatoms. The molecule has 2 rings (SSSR count). The summed E-state index contributed by atoms with van der Waals surface area (Å²) in [6.07, 6.45) is 1.10. The van der Waals surface area contributed by atoms with Gasteiger partial charge in [0.15, 0.2) is 0 Å². The van der Waals surface area contributed by atoms with E-state index >= 15 is 0 Å². The normalized spacial score (nSPS) is 12.1. The summed E-state index contributed by atoms with van der Waals surface area (Å²) < 4.78 is 50.7. The van der Waals surface area contributed by atoms with Crippen molar-refractivity contribution in [2.24, 2.45) is 0 Å². The van der Waals surface area contributed by atoms with Crippen LogP contribution in [0, 0.1) is 11.6 Å². The van der Waals surface area contributed by atoms with Gasteiger partial charge in [0.2, 0.25) is 0 Å². The van der Waals surface area contributed by atoms with Crippen LogP contribution in [0.25, 0.3) is 11.3 Å². The molecule has 0 atom stereocenters. The van der Waals surface area contributed by atoms with Crippen molar-refractivity contribution in [1.29, 1.82) is 0 Å². The Hall–Kier alpha value is -1.83. The molecule has 0 N–H and O–H groups in total. The predicted octanol–water partition coefficient (Wildman–Crippen LogP) is 1.81. The van der Waals surface area contributed by atoms with Gasteiger partial charge in [-0.3, -0.25) is 0 Å². The van der Waals surface area contributed by atoms with E-state index in [9.17, 15) is 17.2 Å². The Bertz CT molecular complexity index is 710. The lowest BCUT2D eigenvalue weighted by atomic mass is 10.1. The van der Waals surface area contributed by atoms with Crippen LogP contribution in [0.4, 0.5) is 8.78 Å². The van der Waals surface area contributed by atoms with E-state index in [0.717, 1.165) is 12.3 Å². The Morgan fingerprint density at radius 2 is 1.95 bits per heavy atom. The topological polar surface area (TPSA) is 64.8 Å². The van der Waals surface area contributed by atoms with Gasteiger partial charge in [0.25, 0.3) is 10.0 Å². The lowest BCUT2D eigenvalue weighted by Gasteiger charge is -2.05. The molecule has 102 valence electrons. The van der Waals surface area contributed by atoms with E-state index in [1.54, 1.807) is 0 Å². The Balaban J connectivity index is 2.47. The molecule has 0 unspecified atom stereocenters. The summed E-state index contributed by atoms with van der Waals surface area (Å²) in [5.74, 6) is -1.54. The van der Waals surface area contributed by atoms with Gasteiger partial charge in [-0.05, 0) is 26.0 Å². The highest BCUT2D eigenvalue weighted by Crippen LogP contribution is 2.21. The molecule has 5 nitrogen and oxygen atoms in total. The van der Waals surface area contributed by atoms with Gasteiger partial charge < -0.3 is 0 Å². The molecule has 1 aromatic carbocycles. The third kappa shape index (κ3) is 2.48. The van der Waals surface area contributed by atoms with E-state index < -0.39 is 26.9 Å². The first-order valence-corrected chi connectivity index (χ1v) is 6.95. The molecule has 1 aromatic heterocycles. The third-order valence-electron chi connectivity index (χ3n) is 2.54. The highest BCUT2D eigenvalue weighted by Gasteiger charge is 2.21. The summed E-state index contributed by atoms with van der Waals surface area (Å²) in [7, 11) is -3.64. The average molecular weight is 287 g/mol. The van der Waals surface area contributed by atoms with Gasteiger partial charge >= 0.3 is 0 Å². The van der Waals surface area contributed by atoms with E-state index in [0.29, 0.717) is 10.2 Å². The van der Waals surface area contributed by atoms with Gasteiger partial charge in [-0.15, -0.1) is 9.19 Å². The molecule has 1 heterocycles. The minimum Gasteiger partial charge on any atom is -0.207 e. The van der Waals surface area contributed by atoms with Crippen LogP contribution in [0.2, 0.25) is 0 Å². The molecule has 2 aromatic rings. The second-order valence-corrected chi connectivity index (χ2v) is 6.54.